The molecule has 0 radical (unpaired) electrons. The van der Waals surface area contributed by atoms with Crippen LogP contribution in [0.4, 0.5) is 5.69 Å². The molecule has 7 nitrogen and oxygen atoms in total. The van der Waals surface area contributed by atoms with E-state index < -0.39 is 18.1 Å². The van der Waals surface area contributed by atoms with Crippen molar-refractivity contribution < 1.29 is 28.2 Å². The second kappa shape index (κ2) is 7.94. The topological polar surface area (TPSA) is 78.2 Å². The molecule has 7 heteroatoms. The van der Waals surface area contributed by atoms with Crippen LogP contribution < -0.4 is 14.4 Å². The summed E-state index contributed by atoms with van der Waals surface area (Å²) in [5.74, 6) is 0.987. The third-order valence-corrected chi connectivity index (χ3v) is 5.13. The van der Waals surface area contributed by atoms with Crippen molar-refractivity contribution in [2.75, 3.05) is 19.1 Å². The number of furan rings is 1. The van der Waals surface area contributed by atoms with E-state index in [1.807, 2.05) is 13.0 Å². The van der Waals surface area contributed by atoms with Crippen molar-refractivity contribution in [1.29, 1.82) is 0 Å². The minimum absolute atomic E-state index is 0.317. The number of amides is 1. The maximum atomic E-state index is 13.0. The molecule has 2 aromatic carbocycles. The number of anilines is 1. The average molecular weight is 407 g/mol. The molecule has 0 unspecified atom stereocenters. The Morgan fingerprint density at radius 3 is 2.07 bits per heavy atom. The predicted octanol–water partition coefficient (Wildman–Crippen LogP) is 3.92. The number of rotatable bonds is 6. The quantitative estimate of drug-likeness (QED) is 0.455. The lowest BCUT2D eigenvalue weighted by atomic mass is 9.92. The highest BCUT2D eigenvalue weighted by Gasteiger charge is 2.54. The molecule has 0 aliphatic carbocycles. The number of β-lactam (4-membered cyclic amide) rings is 1. The Morgan fingerprint density at radius 2 is 1.53 bits per heavy atom. The summed E-state index contributed by atoms with van der Waals surface area (Å²) in [5.41, 5.74) is 1.87. The molecule has 2 atom stereocenters. The Kier molecular flexibility index (Phi) is 5.18. The summed E-state index contributed by atoms with van der Waals surface area (Å²) in [6, 6.07) is 14.9. The molecule has 154 valence electrons. The average Bonchev–Trinajstić information content (AvgIpc) is 3.20. The molecule has 30 heavy (non-hydrogen) atoms. The van der Waals surface area contributed by atoms with Gasteiger partial charge < -0.3 is 18.6 Å². The summed E-state index contributed by atoms with van der Waals surface area (Å²) in [6.45, 7) is 1.89. The Morgan fingerprint density at radius 1 is 0.933 bits per heavy atom. The van der Waals surface area contributed by atoms with Gasteiger partial charge in [0.2, 0.25) is 6.10 Å². The number of aryl methyl sites for hydroxylation is 1. The van der Waals surface area contributed by atoms with Crippen LogP contribution in [-0.4, -0.2) is 32.2 Å². The molecule has 0 bridgehead atoms. The van der Waals surface area contributed by atoms with E-state index in [9.17, 15) is 9.59 Å². The van der Waals surface area contributed by atoms with Gasteiger partial charge in [-0.25, -0.2) is 4.79 Å². The minimum atomic E-state index is -0.980. The maximum Gasteiger partial charge on any atom is 0.339 e. The minimum Gasteiger partial charge on any atom is -0.497 e. The monoisotopic (exact) mass is 407 g/mol. The molecule has 1 fully saturated rings. The second-order valence-corrected chi connectivity index (χ2v) is 6.87. The second-order valence-electron chi connectivity index (χ2n) is 6.87. The van der Waals surface area contributed by atoms with E-state index in [1.54, 1.807) is 73.9 Å². The highest BCUT2D eigenvalue weighted by Crippen LogP contribution is 2.43. The lowest BCUT2D eigenvalue weighted by molar-refractivity contribution is -0.138. The first-order valence-corrected chi connectivity index (χ1v) is 9.39. The van der Waals surface area contributed by atoms with Crippen LogP contribution in [0.25, 0.3) is 0 Å². The van der Waals surface area contributed by atoms with E-state index in [-0.39, 0.29) is 5.91 Å². The third kappa shape index (κ3) is 3.39. The highest BCUT2D eigenvalue weighted by atomic mass is 16.6. The van der Waals surface area contributed by atoms with Crippen molar-refractivity contribution in [3.63, 3.8) is 0 Å². The van der Waals surface area contributed by atoms with Gasteiger partial charge in [-0.05, 0) is 67.1 Å². The van der Waals surface area contributed by atoms with Crippen LogP contribution in [0.5, 0.6) is 11.5 Å². The van der Waals surface area contributed by atoms with Gasteiger partial charge in [0.25, 0.3) is 5.91 Å². The van der Waals surface area contributed by atoms with E-state index >= 15 is 0 Å². The summed E-state index contributed by atoms with van der Waals surface area (Å²) < 4.78 is 21.5. The summed E-state index contributed by atoms with van der Waals surface area (Å²) in [6.07, 6.45) is 0.578. The molecular weight excluding hydrogens is 386 g/mol. The smallest absolute Gasteiger partial charge is 0.339 e. The number of benzene rings is 2. The first kappa shape index (κ1) is 19.6. The molecule has 4 rings (SSSR count). The van der Waals surface area contributed by atoms with Gasteiger partial charge in [0, 0.05) is 5.69 Å². The van der Waals surface area contributed by atoms with Crippen LogP contribution >= 0.6 is 0 Å². The van der Waals surface area contributed by atoms with Gasteiger partial charge in [-0.1, -0.05) is 0 Å². The van der Waals surface area contributed by atoms with E-state index in [0.29, 0.717) is 28.5 Å². The van der Waals surface area contributed by atoms with Gasteiger partial charge in [0.15, 0.2) is 0 Å². The number of carbonyl (C=O) groups is 2. The normalized spacial score (nSPS) is 18.0. The van der Waals surface area contributed by atoms with Crippen molar-refractivity contribution in [3.05, 3.63) is 77.7 Å². The van der Waals surface area contributed by atoms with Crippen LogP contribution in [-0.2, 0) is 9.53 Å². The first-order chi connectivity index (χ1) is 14.5. The fraction of sp³-hybridized carbons (Fsp3) is 0.217. The number of nitrogens with zero attached hydrogens (tertiary/aromatic N) is 1. The van der Waals surface area contributed by atoms with Crippen LogP contribution in [0.1, 0.15) is 27.7 Å². The standard InChI is InChI=1S/C23H21NO6/c1-14-12-13-29-20(14)19-21(30-23(26)15-4-8-17(27-2)9-5-15)22(25)24(19)16-6-10-18(28-3)11-7-16/h4-13,19,21H,1-3H3/t19-,21+/m0/s1. The Balaban J connectivity index is 1.61. The van der Waals surface area contributed by atoms with Crippen LogP contribution in [0.3, 0.4) is 0 Å². The maximum absolute atomic E-state index is 13.0. The largest absolute Gasteiger partial charge is 0.497 e. The summed E-state index contributed by atoms with van der Waals surface area (Å²) in [5, 5.41) is 0. The molecule has 2 heterocycles. The van der Waals surface area contributed by atoms with Gasteiger partial charge in [-0.15, -0.1) is 0 Å². The molecular formula is C23H21NO6. The zero-order valence-corrected chi connectivity index (χ0v) is 16.8. The molecule has 1 aromatic heterocycles. The van der Waals surface area contributed by atoms with E-state index in [0.717, 1.165) is 5.56 Å². The van der Waals surface area contributed by atoms with Crippen LogP contribution in [0.2, 0.25) is 0 Å². The van der Waals surface area contributed by atoms with E-state index in [2.05, 4.69) is 0 Å². The van der Waals surface area contributed by atoms with Crippen LogP contribution in [0.15, 0.2) is 65.3 Å². The van der Waals surface area contributed by atoms with Crippen molar-refractivity contribution in [3.8, 4) is 11.5 Å². The fourth-order valence-electron chi connectivity index (χ4n) is 3.46. The number of ether oxygens (including phenoxy) is 3. The third-order valence-electron chi connectivity index (χ3n) is 5.13. The zero-order chi connectivity index (χ0) is 21.3. The molecule has 0 spiro atoms. The predicted molar refractivity (Wildman–Crippen MR) is 109 cm³/mol. The SMILES string of the molecule is COc1ccc(C(=O)O[C@H]2C(=O)N(c3ccc(OC)cc3)[C@H]2c2occc2C)cc1. The summed E-state index contributed by atoms with van der Waals surface area (Å²) in [4.78, 5) is 27.2. The zero-order valence-electron chi connectivity index (χ0n) is 16.8. The summed E-state index contributed by atoms with van der Waals surface area (Å²) in [7, 11) is 3.12. The van der Waals surface area contributed by atoms with Gasteiger partial charge in [0.05, 0.1) is 26.0 Å². The molecule has 1 aliphatic rings. The molecule has 1 amide bonds. The summed E-state index contributed by atoms with van der Waals surface area (Å²) >= 11 is 0. The van der Waals surface area contributed by atoms with Crippen molar-refractivity contribution in [2.24, 2.45) is 0 Å². The van der Waals surface area contributed by atoms with Gasteiger partial charge in [-0.3, -0.25) is 9.69 Å². The highest BCUT2D eigenvalue weighted by molar-refractivity contribution is 6.06. The van der Waals surface area contributed by atoms with Crippen LogP contribution in [0, 0.1) is 6.92 Å². The van der Waals surface area contributed by atoms with Gasteiger partial charge >= 0.3 is 5.97 Å². The van der Waals surface area contributed by atoms with Gasteiger partial charge in [-0.2, -0.15) is 0 Å². The number of hydrogen-bond acceptors (Lipinski definition) is 6. The van der Waals surface area contributed by atoms with E-state index in [1.165, 1.54) is 0 Å². The molecule has 0 N–H and O–H groups in total. The first-order valence-electron chi connectivity index (χ1n) is 9.39. The van der Waals surface area contributed by atoms with Crippen molar-refractivity contribution in [1.82, 2.24) is 0 Å². The van der Waals surface area contributed by atoms with Crippen molar-refractivity contribution >= 4 is 17.6 Å². The number of carbonyl (C=O) groups excluding carboxylic acids is 2. The Hall–Kier alpha value is -3.74. The lowest BCUT2D eigenvalue weighted by Gasteiger charge is -2.45. The molecule has 0 saturated carbocycles. The number of esters is 1. The number of hydrogen-bond donors (Lipinski definition) is 0. The Bertz CT molecular complexity index is 1050. The molecule has 1 aliphatic heterocycles. The Labute approximate surface area is 173 Å². The number of methoxy groups -OCH3 is 2. The molecule has 3 aromatic rings. The fourth-order valence-corrected chi connectivity index (χ4v) is 3.46. The van der Waals surface area contributed by atoms with Gasteiger partial charge in [0.1, 0.15) is 23.3 Å². The van der Waals surface area contributed by atoms with E-state index in [4.69, 9.17) is 18.6 Å². The lowest BCUT2D eigenvalue weighted by Crippen LogP contribution is -2.60. The van der Waals surface area contributed by atoms with Crippen molar-refractivity contribution in [2.45, 2.75) is 19.1 Å². The molecule has 1 saturated heterocycles.